The molecule has 5 heteroatoms. The van der Waals surface area contributed by atoms with E-state index in [0.717, 1.165) is 18.4 Å². The van der Waals surface area contributed by atoms with E-state index < -0.39 is 5.60 Å². The monoisotopic (exact) mass is 334 g/mol. The fourth-order valence-electron chi connectivity index (χ4n) is 3.03. The number of amides is 1. The van der Waals surface area contributed by atoms with Gasteiger partial charge in [0.05, 0.1) is 24.1 Å². The van der Waals surface area contributed by atoms with Crippen LogP contribution in [-0.4, -0.2) is 22.6 Å². The lowest BCUT2D eigenvalue weighted by Crippen LogP contribution is -2.43. The Balaban J connectivity index is 2.34. The first-order valence-electron chi connectivity index (χ1n) is 7.89. The van der Waals surface area contributed by atoms with Gasteiger partial charge in [0.15, 0.2) is 0 Å². The average Bonchev–Trinajstić information content (AvgIpc) is 2.89. The van der Waals surface area contributed by atoms with Gasteiger partial charge in [-0.2, -0.15) is 5.26 Å². The Morgan fingerprint density at radius 2 is 2.13 bits per heavy atom. The second-order valence-corrected chi connectivity index (χ2v) is 7.46. The van der Waals surface area contributed by atoms with Crippen LogP contribution in [-0.2, 0) is 4.74 Å². The predicted molar refractivity (Wildman–Crippen MR) is 90.1 cm³/mol. The largest absolute Gasteiger partial charge is 0.444 e. The molecule has 1 unspecified atom stereocenters. The Kier molecular flexibility index (Phi) is 5.21. The van der Waals surface area contributed by atoms with Crippen molar-refractivity contribution < 1.29 is 9.53 Å². The van der Waals surface area contributed by atoms with Gasteiger partial charge in [-0.05, 0) is 58.2 Å². The van der Waals surface area contributed by atoms with Gasteiger partial charge in [0.1, 0.15) is 5.60 Å². The van der Waals surface area contributed by atoms with Gasteiger partial charge in [-0.1, -0.05) is 23.7 Å². The van der Waals surface area contributed by atoms with Crippen LogP contribution in [0.5, 0.6) is 0 Å². The zero-order valence-corrected chi connectivity index (χ0v) is 14.8. The highest BCUT2D eigenvalue weighted by Crippen LogP contribution is 2.40. The second-order valence-electron chi connectivity index (χ2n) is 7.02. The molecule has 1 amide bonds. The highest BCUT2D eigenvalue weighted by Gasteiger charge is 2.42. The average molecular weight is 335 g/mol. The smallest absolute Gasteiger partial charge is 0.411 e. The van der Waals surface area contributed by atoms with E-state index in [4.69, 9.17) is 16.3 Å². The van der Waals surface area contributed by atoms with Gasteiger partial charge >= 0.3 is 6.09 Å². The van der Waals surface area contributed by atoms with Crippen LogP contribution in [0.4, 0.5) is 4.79 Å². The third-order valence-corrected chi connectivity index (χ3v) is 4.28. The molecule has 1 heterocycles. The minimum atomic E-state index is -0.570. The van der Waals surface area contributed by atoms with Crippen molar-refractivity contribution in [2.45, 2.75) is 58.2 Å². The fraction of sp³-hybridized carbons (Fsp3) is 0.556. The third kappa shape index (κ3) is 4.17. The number of ether oxygens (including phenoxy) is 1. The molecule has 0 saturated carbocycles. The van der Waals surface area contributed by atoms with Crippen molar-refractivity contribution in [2.24, 2.45) is 5.92 Å². The van der Waals surface area contributed by atoms with Crippen LogP contribution in [0.25, 0.3) is 0 Å². The number of carbonyl (C=O) groups excluding carboxylic acids is 1. The van der Waals surface area contributed by atoms with Gasteiger partial charge in [-0.3, -0.25) is 4.90 Å². The van der Waals surface area contributed by atoms with E-state index >= 15 is 0 Å². The maximum absolute atomic E-state index is 12.7. The summed E-state index contributed by atoms with van der Waals surface area (Å²) in [4.78, 5) is 14.4. The van der Waals surface area contributed by atoms with Crippen molar-refractivity contribution in [3.63, 3.8) is 0 Å². The normalized spacial score (nSPS) is 22.5. The maximum Gasteiger partial charge on any atom is 0.411 e. The van der Waals surface area contributed by atoms with E-state index in [-0.39, 0.29) is 24.1 Å². The molecule has 1 fully saturated rings. The van der Waals surface area contributed by atoms with Gasteiger partial charge in [-0.25, -0.2) is 4.79 Å². The van der Waals surface area contributed by atoms with E-state index in [0.29, 0.717) is 5.02 Å². The number of halogens is 1. The molecule has 0 spiro atoms. The number of nitrogens with zero attached hydrogens (tertiary/aromatic N) is 2. The van der Waals surface area contributed by atoms with Crippen molar-refractivity contribution >= 4 is 17.7 Å². The van der Waals surface area contributed by atoms with Crippen molar-refractivity contribution in [2.75, 3.05) is 0 Å². The molecule has 4 nitrogen and oxygen atoms in total. The van der Waals surface area contributed by atoms with Crippen LogP contribution in [0.1, 0.15) is 52.1 Å². The van der Waals surface area contributed by atoms with Crippen molar-refractivity contribution in [1.29, 1.82) is 5.26 Å². The Morgan fingerprint density at radius 3 is 2.70 bits per heavy atom. The molecule has 2 rings (SSSR count). The van der Waals surface area contributed by atoms with Crippen molar-refractivity contribution in [3.05, 3.63) is 34.9 Å². The summed E-state index contributed by atoms with van der Waals surface area (Å²) in [5.74, 6) is -0.244. The first-order valence-corrected chi connectivity index (χ1v) is 8.27. The van der Waals surface area contributed by atoms with E-state index in [1.807, 2.05) is 52.0 Å². The first-order chi connectivity index (χ1) is 10.7. The molecule has 1 aliphatic heterocycles. The van der Waals surface area contributed by atoms with Crippen LogP contribution in [0.2, 0.25) is 5.02 Å². The molecule has 1 saturated heterocycles. The Bertz CT molecular complexity index is 618. The van der Waals surface area contributed by atoms with Crippen LogP contribution < -0.4 is 0 Å². The van der Waals surface area contributed by atoms with Gasteiger partial charge in [0, 0.05) is 5.02 Å². The van der Waals surface area contributed by atoms with Crippen LogP contribution in [0, 0.1) is 17.2 Å². The SMILES string of the molecule is CC(C#N)[C@H]1CC[C@@H](c2cccc(Cl)c2)N1C(=O)OC(C)(C)C. The number of nitriles is 1. The standard InChI is InChI=1S/C18H23ClN2O2/c1-12(11-20)15-8-9-16(13-6-5-7-14(19)10-13)21(15)17(22)23-18(2,3)4/h5-7,10,12,15-16H,8-9H2,1-4H3/t12?,15-,16+/m1/s1. The van der Waals surface area contributed by atoms with Gasteiger partial charge < -0.3 is 4.74 Å². The minimum absolute atomic E-state index is 0.107. The lowest BCUT2D eigenvalue weighted by molar-refractivity contribution is 0.0115. The van der Waals surface area contributed by atoms with E-state index in [1.165, 1.54) is 0 Å². The molecule has 1 aromatic rings. The summed E-state index contributed by atoms with van der Waals surface area (Å²) in [6.07, 6.45) is 1.22. The van der Waals surface area contributed by atoms with Gasteiger partial charge in [-0.15, -0.1) is 0 Å². The lowest BCUT2D eigenvalue weighted by atomic mass is 10.0. The predicted octanol–water partition coefficient (Wildman–Crippen LogP) is 4.94. The number of hydrogen-bond donors (Lipinski definition) is 0. The highest BCUT2D eigenvalue weighted by atomic mass is 35.5. The Morgan fingerprint density at radius 1 is 1.43 bits per heavy atom. The maximum atomic E-state index is 12.7. The molecule has 124 valence electrons. The summed E-state index contributed by atoms with van der Waals surface area (Å²) in [6.45, 7) is 7.39. The Labute approximate surface area is 143 Å². The van der Waals surface area contributed by atoms with Gasteiger partial charge in [0.25, 0.3) is 0 Å². The van der Waals surface area contributed by atoms with Crippen LogP contribution in [0.15, 0.2) is 24.3 Å². The van der Waals surface area contributed by atoms with E-state index in [9.17, 15) is 10.1 Å². The molecule has 1 aromatic carbocycles. The zero-order valence-electron chi connectivity index (χ0n) is 14.0. The molecule has 3 atom stereocenters. The zero-order chi connectivity index (χ0) is 17.2. The van der Waals surface area contributed by atoms with E-state index in [2.05, 4.69) is 6.07 Å². The summed E-state index contributed by atoms with van der Waals surface area (Å²) in [5, 5.41) is 9.92. The van der Waals surface area contributed by atoms with E-state index in [1.54, 1.807) is 4.90 Å². The summed E-state index contributed by atoms with van der Waals surface area (Å²) < 4.78 is 5.57. The third-order valence-electron chi connectivity index (χ3n) is 4.05. The summed E-state index contributed by atoms with van der Waals surface area (Å²) in [5.41, 5.74) is 0.412. The Hall–Kier alpha value is -1.73. The first kappa shape index (κ1) is 17.6. The van der Waals surface area contributed by atoms with Crippen molar-refractivity contribution in [3.8, 4) is 6.07 Å². The topological polar surface area (TPSA) is 53.3 Å². The number of hydrogen-bond acceptors (Lipinski definition) is 3. The van der Waals surface area contributed by atoms with Crippen LogP contribution in [0.3, 0.4) is 0 Å². The molecule has 23 heavy (non-hydrogen) atoms. The van der Waals surface area contributed by atoms with Crippen molar-refractivity contribution in [1.82, 2.24) is 4.90 Å². The molecule has 0 bridgehead atoms. The quantitative estimate of drug-likeness (QED) is 0.769. The number of benzene rings is 1. The summed E-state index contributed by atoms with van der Waals surface area (Å²) in [7, 11) is 0. The molecular formula is C18H23ClN2O2. The van der Waals surface area contributed by atoms with Gasteiger partial charge in [0.2, 0.25) is 0 Å². The molecular weight excluding hydrogens is 312 g/mol. The number of rotatable bonds is 2. The fourth-order valence-corrected chi connectivity index (χ4v) is 3.23. The molecule has 0 N–H and O–H groups in total. The lowest BCUT2D eigenvalue weighted by Gasteiger charge is -2.33. The summed E-state index contributed by atoms with van der Waals surface area (Å²) >= 11 is 6.10. The molecule has 0 radical (unpaired) electrons. The second kappa shape index (κ2) is 6.80. The minimum Gasteiger partial charge on any atom is -0.444 e. The number of carbonyl (C=O) groups is 1. The highest BCUT2D eigenvalue weighted by molar-refractivity contribution is 6.30. The molecule has 0 aromatic heterocycles. The molecule has 0 aliphatic carbocycles. The molecule has 1 aliphatic rings. The summed E-state index contributed by atoms with van der Waals surface area (Å²) in [6, 6.07) is 9.55. The van der Waals surface area contributed by atoms with Crippen LogP contribution >= 0.6 is 11.6 Å². The number of likely N-dealkylation sites (tertiary alicyclic amines) is 1.